The number of carbonyl (C=O) groups is 1. The molecule has 5 heteroatoms. The summed E-state index contributed by atoms with van der Waals surface area (Å²) in [6.45, 7) is 1.91. The molecule has 0 unspecified atom stereocenters. The number of aryl methyl sites for hydroxylation is 2. The van der Waals surface area contributed by atoms with Crippen LogP contribution < -0.4 is 5.32 Å². The monoisotopic (exact) mass is 293 g/mol. The number of rotatable bonds is 2. The smallest absolute Gasteiger partial charge is 0.272 e. The van der Waals surface area contributed by atoms with Crippen molar-refractivity contribution < 1.29 is 4.79 Å². The summed E-state index contributed by atoms with van der Waals surface area (Å²) in [6, 6.07) is 3.57. The minimum Gasteiger partial charge on any atom is -0.345 e. The van der Waals surface area contributed by atoms with Gasteiger partial charge in [0.05, 0.1) is 0 Å². The van der Waals surface area contributed by atoms with Gasteiger partial charge in [0.15, 0.2) is 0 Å². The predicted molar refractivity (Wildman–Crippen MR) is 70.0 cm³/mol. The average Bonchev–Trinajstić information content (AvgIpc) is 2.61. The number of aromatic nitrogens is 2. The van der Waals surface area contributed by atoms with Gasteiger partial charge in [0, 0.05) is 35.8 Å². The van der Waals surface area contributed by atoms with Gasteiger partial charge in [-0.05, 0) is 40.5 Å². The summed E-state index contributed by atoms with van der Waals surface area (Å²) in [5, 5.41) is 2.86. The van der Waals surface area contributed by atoms with E-state index >= 15 is 0 Å². The van der Waals surface area contributed by atoms with E-state index in [0.29, 0.717) is 5.69 Å². The Morgan fingerprint density at radius 2 is 2.29 bits per heavy atom. The summed E-state index contributed by atoms with van der Waals surface area (Å²) < 4.78 is 2.66. The first-order valence-corrected chi connectivity index (χ1v) is 5.91. The van der Waals surface area contributed by atoms with Gasteiger partial charge in [-0.3, -0.25) is 9.78 Å². The second-order valence-electron chi connectivity index (χ2n) is 3.80. The van der Waals surface area contributed by atoms with Crippen LogP contribution in [0.25, 0.3) is 0 Å². The lowest BCUT2D eigenvalue weighted by Crippen LogP contribution is -2.15. The van der Waals surface area contributed by atoms with Crippen molar-refractivity contribution in [2.24, 2.45) is 7.05 Å². The summed E-state index contributed by atoms with van der Waals surface area (Å²) in [7, 11) is 1.83. The highest BCUT2D eigenvalue weighted by Gasteiger charge is 2.11. The van der Waals surface area contributed by atoms with E-state index in [9.17, 15) is 4.79 Å². The van der Waals surface area contributed by atoms with E-state index in [4.69, 9.17) is 0 Å². The first-order valence-electron chi connectivity index (χ1n) is 5.12. The molecule has 1 amide bonds. The number of amides is 1. The quantitative estimate of drug-likeness (QED) is 0.925. The van der Waals surface area contributed by atoms with Gasteiger partial charge < -0.3 is 9.88 Å². The molecule has 0 atom stereocenters. The van der Waals surface area contributed by atoms with Gasteiger partial charge in [-0.2, -0.15) is 0 Å². The van der Waals surface area contributed by atoms with E-state index in [1.165, 1.54) is 0 Å². The molecule has 0 spiro atoms. The fourth-order valence-corrected chi connectivity index (χ4v) is 2.07. The zero-order chi connectivity index (χ0) is 12.4. The Morgan fingerprint density at radius 3 is 2.88 bits per heavy atom. The van der Waals surface area contributed by atoms with E-state index in [2.05, 4.69) is 26.2 Å². The van der Waals surface area contributed by atoms with Crippen molar-refractivity contribution in [2.45, 2.75) is 6.92 Å². The fraction of sp³-hybridized carbons (Fsp3) is 0.167. The van der Waals surface area contributed by atoms with Gasteiger partial charge in [0.2, 0.25) is 0 Å². The molecular weight excluding hydrogens is 282 g/mol. The number of anilines is 1. The van der Waals surface area contributed by atoms with Crippen LogP contribution >= 0.6 is 15.9 Å². The number of hydrogen-bond acceptors (Lipinski definition) is 2. The van der Waals surface area contributed by atoms with Crippen LogP contribution in [0.4, 0.5) is 5.69 Å². The maximum Gasteiger partial charge on any atom is 0.272 e. The van der Waals surface area contributed by atoms with Crippen molar-refractivity contribution >= 4 is 27.5 Å². The zero-order valence-corrected chi connectivity index (χ0v) is 11.2. The normalized spacial score (nSPS) is 10.3. The molecule has 17 heavy (non-hydrogen) atoms. The minimum atomic E-state index is -0.132. The molecule has 2 rings (SSSR count). The molecule has 1 N–H and O–H groups in total. The molecule has 0 saturated carbocycles. The Labute approximate surface area is 108 Å². The SMILES string of the molecule is Cc1cnccc1NC(=O)c1cc(Br)cn1C. The Hall–Kier alpha value is -1.62. The number of nitrogens with zero attached hydrogens (tertiary/aromatic N) is 2. The third-order valence-corrected chi connectivity index (χ3v) is 2.91. The molecule has 0 fully saturated rings. The number of halogens is 1. The first kappa shape index (κ1) is 11.9. The van der Waals surface area contributed by atoms with Crippen LogP contribution in [-0.2, 0) is 7.05 Å². The zero-order valence-electron chi connectivity index (χ0n) is 9.57. The van der Waals surface area contributed by atoms with Crippen LogP contribution in [0.2, 0.25) is 0 Å². The first-order chi connectivity index (χ1) is 8.08. The van der Waals surface area contributed by atoms with Crippen LogP contribution in [0, 0.1) is 6.92 Å². The van der Waals surface area contributed by atoms with Crippen LogP contribution in [0.1, 0.15) is 16.1 Å². The molecule has 2 aromatic rings. The molecule has 0 radical (unpaired) electrons. The summed E-state index contributed by atoms with van der Waals surface area (Å²) in [5.41, 5.74) is 2.32. The topological polar surface area (TPSA) is 46.9 Å². The van der Waals surface area contributed by atoms with E-state index in [0.717, 1.165) is 15.7 Å². The Bertz CT molecular complexity index is 563. The molecule has 88 valence electrons. The lowest BCUT2D eigenvalue weighted by molar-refractivity contribution is 0.101. The second-order valence-corrected chi connectivity index (χ2v) is 4.71. The number of pyridine rings is 1. The van der Waals surface area contributed by atoms with E-state index in [1.807, 2.05) is 20.2 Å². The highest BCUT2D eigenvalue weighted by atomic mass is 79.9. The van der Waals surface area contributed by atoms with Crippen molar-refractivity contribution in [2.75, 3.05) is 5.32 Å². The van der Waals surface area contributed by atoms with E-state index < -0.39 is 0 Å². The highest BCUT2D eigenvalue weighted by Crippen LogP contribution is 2.17. The van der Waals surface area contributed by atoms with Gasteiger partial charge in [-0.25, -0.2) is 0 Å². The molecule has 0 aliphatic carbocycles. The summed E-state index contributed by atoms with van der Waals surface area (Å²) in [5.74, 6) is -0.132. The van der Waals surface area contributed by atoms with Crippen molar-refractivity contribution in [1.82, 2.24) is 9.55 Å². The van der Waals surface area contributed by atoms with Gasteiger partial charge in [0.25, 0.3) is 5.91 Å². The van der Waals surface area contributed by atoms with E-state index in [1.54, 1.807) is 29.1 Å². The number of hydrogen-bond donors (Lipinski definition) is 1. The number of carbonyl (C=O) groups excluding carboxylic acids is 1. The lowest BCUT2D eigenvalue weighted by atomic mass is 10.2. The third-order valence-electron chi connectivity index (χ3n) is 2.47. The molecule has 2 aromatic heterocycles. The summed E-state index contributed by atoms with van der Waals surface area (Å²) in [6.07, 6.45) is 5.22. The van der Waals surface area contributed by atoms with Gasteiger partial charge in [-0.1, -0.05) is 0 Å². The molecule has 2 heterocycles. The van der Waals surface area contributed by atoms with Crippen LogP contribution in [0.3, 0.4) is 0 Å². The summed E-state index contributed by atoms with van der Waals surface area (Å²) in [4.78, 5) is 16.0. The third kappa shape index (κ3) is 2.55. The maximum atomic E-state index is 12.0. The van der Waals surface area contributed by atoms with Crippen molar-refractivity contribution in [1.29, 1.82) is 0 Å². The molecule has 0 aliphatic heterocycles. The Morgan fingerprint density at radius 1 is 1.53 bits per heavy atom. The highest BCUT2D eigenvalue weighted by molar-refractivity contribution is 9.10. The number of nitrogens with one attached hydrogen (secondary N) is 1. The largest absolute Gasteiger partial charge is 0.345 e. The average molecular weight is 294 g/mol. The summed E-state index contributed by atoms with van der Waals surface area (Å²) >= 11 is 3.34. The van der Waals surface area contributed by atoms with Gasteiger partial charge in [-0.15, -0.1) is 0 Å². The molecule has 0 saturated heterocycles. The van der Waals surface area contributed by atoms with Crippen molar-refractivity contribution in [3.8, 4) is 0 Å². The molecular formula is C12H12BrN3O. The molecule has 0 aliphatic rings. The molecule has 0 bridgehead atoms. The van der Waals surface area contributed by atoms with Crippen LogP contribution in [0.15, 0.2) is 35.2 Å². The van der Waals surface area contributed by atoms with Crippen molar-refractivity contribution in [3.05, 3.63) is 46.5 Å². The molecule has 0 aromatic carbocycles. The predicted octanol–water partition coefficient (Wildman–Crippen LogP) is 2.74. The van der Waals surface area contributed by atoms with Gasteiger partial charge in [0.1, 0.15) is 5.69 Å². The van der Waals surface area contributed by atoms with Crippen molar-refractivity contribution in [3.63, 3.8) is 0 Å². The lowest BCUT2D eigenvalue weighted by Gasteiger charge is -2.07. The maximum absolute atomic E-state index is 12.0. The second kappa shape index (κ2) is 4.71. The van der Waals surface area contributed by atoms with E-state index in [-0.39, 0.29) is 5.91 Å². The Kier molecular flexibility index (Phi) is 3.28. The standard InChI is InChI=1S/C12H12BrN3O/c1-8-6-14-4-3-10(8)15-12(17)11-5-9(13)7-16(11)2/h3-7H,1-2H3,(H,14,15,17). The Balaban J connectivity index is 2.23. The fourth-order valence-electron chi connectivity index (χ4n) is 1.55. The van der Waals surface area contributed by atoms with Crippen LogP contribution in [0.5, 0.6) is 0 Å². The minimum absolute atomic E-state index is 0.132. The van der Waals surface area contributed by atoms with Crippen LogP contribution in [-0.4, -0.2) is 15.5 Å². The van der Waals surface area contributed by atoms with Gasteiger partial charge >= 0.3 is 0 Å². The molecule has 4 nitrogen and oxygen atoms in total.